The van der Waals surface area contributed by atoms with E-state index in [0.29, 0.717) is 11.4 Å². The molecule has 1 fully saturated rings. The van der Waals surface area contributed by atoms with Crippen LogP contribution in [0.3, 0.4) is 0 Å². The van der Waals surface area contributed by atoms with Crippen molar-refractivity contribution in [3.8, 4) is 5.75 Å². The maximum absolute atomic E-state index is 12.8. The third-order valence-electron chi connectivity index (χ3n) is 5.04. The van der Waals surface area contributed by atoms with E-state index in [-0.39, 0.29) is 19.1 Å². The fourth-order valence-corrected chi connectivity index (χ4v) is 3.53. The molecule has 1 aliphatic heterocycles. The Morgan fingerprint density at radius 3 is 2.41 bits per heavy atom. The first-order chi connectivity index (χ1) is 14.0. The second kappa shape index (κ2) is 7.93. The van der Waals surface area contributed by atoms with Crippen LogP contribution in [0.1, 0.15) is 6.92 Å². The largest absolute Gasteiger partial charge is 0.491 e. The van der Waals surface area contributed by atoms with Crippen molar-refractivity contribution in [2.24, 2.45) is 0 Å². The number of fused-ring (bicyclic) bond motifs is 1. The number of imide groups is 1. The van der Waals surface area contributed by atoms with Gasteiger partial charge in [-0.25, -0.2) is 4.79 Å². The van der Waals surface area contributed by atoms with Gasteiger partial charge >= 0.3 is 6.03 Å². The van der Waals surface area contributed by atoms with E-state index < -0.39 is 18.2 Å². The van der Waals surface area contributed by atoms with Crippen molar-refractivity contribution in [3.05, 3.63) is 72.8 Å². The summed E-state index contributed by atoms with van der Waals surface area (Å²) in [5, 5.41) is 12.5. The van der Waals surface area contributed by atoms with Gasteiger partial charge in [-0.3, -0.25) is 14.6 Å². The SMILES string of the molecule is C[C@H]1C(=O)N(C[C@@H](O)COc2ccc3ccccc3c2)C(=O)N1c1ccccc1. The van der Waals surface area contributed by atoms with Gasteiger partial charge in [0.15, 0.2) is 0 Å². The van der Waals surface area contributed by atoms with Gasteiger partial charge in [0.1, 0.15) is 24.5 Å². The maximum atomic E-state index is 12.8. The summed E-state index contributed by atoms with van der Waals surface area (Å²) in [6.07, 6.45) is -0.989. The minimum absolute atomic E-state index is 0.0187. The molecule has 2 atom stereocenters. The third kappa shape index (κ3) is 3.79. The molecule has 3 amide bonds. The molecule has 0 radical (unpaired) electrons. The quantitative estimate of drug-likeness (QED) is 0.655. The van der Waals surface area contributed by atoms with Crippen LogP contribution in [0.4, 0.5) is 10.5 Å². The van der Waals surface area contributed by atoms with E-state index in [1.807, 2.05) is 60.7 Å². The number of aliphatic hydroxyl groups excluding tert-OH is 1. The molecule has 3 aromatic carbocycles. The molecule has 0 bridgehead atoms. The summed E-state index contributed by atoms with van der Waals surface area (Å²) < 4.78 is 5.68. The van der Waals surface area contributed by atoms with E-state index in [1.54, 1.807) is 19.1 Å². The molecule has 3 aromatic rings. The number of carbonyl (C=O) groups is 2. The van der Waals surface area contributed by atoms with E-state index in [9.17, 15) is 14.7 Å². The Hall–Kier alpha value is -3.38. The summed E-state index contributed by atoms with van der Waals surface area (Å²) in [6, 6.07) is 21.6. The predicted molar refractivity (Wildman–Crippen MR) is 111 cm³/mol. The molecule has 6 nitrogen and oxygen atoms in total. The fraction of sp³-hybridized carbons (Fsp3) is 0.217. The standard InChI is InChI=1S/C23H22N2O4/c1-16-22(27)24(23(28)25(16)19-9-3-2-4-10-19)14-20(26)15-29-21-12-11-17-7-5-6-8-18(17)13-21/h2-13,16,20,26H,14-15H2,1H3/t16-,20+/m0/s1. The Bertz CT molecular complexity index is 1040. The van der Waals surface area contributed by atoms with Crippen LogP contribution in [0.25, 0.3) is 10.8 Å². The van der Waals surface area contributed by atoms with E-state index in [4.69, 9.17) is 4.74 Å². The van der Waals surface area contributed by atoms with Crippen molar-refractivity contribution in [3.63, 3.8) is 0 Å². The summed E-state index contributed by atoms with van der Waals surface area (Å²) in [4.78, 5) is 27.9. The van der Waals surface area contributed by atoms with Crippen molar-refractivity contribution < 1.29 is 19.4 Å². The molecule has 1 aliphatic rings. The molecule has 1 N–H and O–H groups in total. The van der Waals surface area contributed by atoms with Crippen LogP contribution >= 0.6 is 0 Å². The van der Waals surface area contributed by atoms with E-state index in [1.165, 1.54) is 4.90 Å². The minimum atomic E-state index is -0.989. The van der Waals surface area contributed by atoms with Crippen LogP contribution in [0.2, 0.25) is 0 Å². The second-order valence-corrected chi connectivity index (χ2v) is 7.09. The molecule has 0 saturated carbocycles. The van der Waals surface area contributed by atoms with Crippen LogP contribution in [-0.4, -0.2) is 47.2 Å². The van der Waals surface area contributed by atoms with Gasteiger partial charge in [-0.15, -0.1) is 0 Å². The zero-order valence-corrected chi connectivity index (χ0v) is 16.1. The zero-order valence-electron chi connectivity index (χ0n) is 16.1. The minimum Gasteiger partial charge on any atom is -0.491 e. The van der Waals surface area contributed by atoms with Gasteiger partial charge in [-0.2, -0.15) is 0 Å². The average molecular weight is 390 g/mol. The second-order valence-electron chi connectivity index (χ2n) is 7.09. The molecule has 1 saturated heterocycles. The number of benzene rings is 3. The van der Waals surface area contributed by atoms with Gasteiger partial charge in [-0.05, 0) is 42.0 Å². The maximum Gasteiger partial charge on any atom is 0.332 e. The van der Waals surface area contributed by atoms with Crippen LogP contribution < -0.4 is 9.64 Å². The van der Waals surface area contributed by atoms with Crippen LogP contribution in [0.5, 0.6) is 5.75 Å². The molecule has 0 aliphatic carbocycles. The van der Waals surface area contributed by atoms with Gasteiger partial charge < -0.3 is 9.84 Å². The fourth-order valence-electron chi connectivity index (χ4n) is 3.53. The summed E-state index contributed by atoms with van der Waals surface area (Å²) in [6.45, 7) is 1.55. The number of carbonyl (C=O) groups excluding carboxylic acids is 2. The predicted octanol–water partition coefficient (Wildman–Crippen LogP) is 3.44. The van der Waals surface area contributed by atoms with Gasteiger partial charge in [-0.1, -0.05) is 48.5 Å². The Kier molecular flexibility index (Phi) is 5.18. The number of anilines is 1. The number of β-amino-alcohol motifs (C(OH)–C–C–N with tert-alkyl or cyclic N) is 1. The number of hydrogen-bond acceptors (Lipinski definition) is 4. The first kappa shape index (κ1) is 19.0. The number of urea groups is 1. The lowest BCUT2D eigenvalue weighted by Crippen LogP contribution is -2.40. The zero-order chi connectivity index (χ0) is 20.4. The number of aliphatic hydroxyl groups is 1. The lowest BCUT2D eigenvalue weighted by Gasteiger charge is -2.20. The number of amides is 3. The van der Waals surface area contributed by atoms with E-state index in [2.05, 4.69) is 0 Å². The first-order valence-corrected chi connectivity index (χ1v) is 9.54. The Labute approximate surface area is 168 Å². The molecule has 0 unspecified atom stereocenters. The van der Waals surface area contributed by atoms with Crippen molar-refractivity contribution in [2.45, 2.75) is 19.1 Å². The Balaban J connectivity index is 1.40. The van der Waals surface area contributed by atoms with Gasteiger partial charge in [0.25, 0.3) is 5.91 Å². The number of nitrogens with zero attached hydrogens (tertiary/aromatic N) is 2. The average Bonchev–Trinajstić information content (AvgIpc) is 2.96. The number of para-hydroxylation sites is 1. The van der Waals surface area contributed by atoms with Crippen molar-refractivity contribution in [1.82, 2.24) is 4.90 Å². The van der Waals surface area contributed by atoms with E-state index in [0.717, 1.165) is 15.7 Å². The van der Waals surface area contributed by atoms with Crippen molar-refractivity contribution in [1.29, 1.82) is 0 Å². The van der Waals surface area contributed by atoms with E-state index >= 15 is 0 Å². The normalized spacial score (nSPS) is 17.8. The highest BCUT2D eigenvalue weighted by atomic mass is 16.5. The molecule has 0 spiro atoms. The smallest absolute Gasteiger partial charge is 0.332 e. The Morgan fingerprint density at radius 1 is 0.966 bits per heavy atom. The van der Waals surface area contributed by atoms with Gasteiger partial charge in [0, 0.05) is 5.69 Å². The van der Waals surface area contributed by atoms with Crippen molar-refractivity contribution >= 4 is 28.4 Å². The topological polar surface area (TPSA) is 70.1 Å². The molecule has 0 aromatic heterocycles. The molecule has 29 heavy (non-hydrogen) atoms. The lowest BCUT2D eigenvalue weighted by atomic mass is 10.1. The number of rotatable bonds is 6. The summed E-state index contributed by atoms with van der Waals surface area (Å²) in [7, 11) is 0. The first-order valence-electron chi connectivity index (χ1n) is 9.54. The van der Waals surface area contributed by atoms with Crippen molar-refractivity contribution in [2.75, 3.05) is 18.1 Å². The summed E-state index contributed by atoms with van der Waals surface area (Å²) >= 11 is 0. The molecular formula is C23H22N2O4. The monoisotopic (exact) mass is 390 g/mol. The van der Waals surface area contributed by atoms with Crippen LogP contribution in [0, 0.1) is 0 Å². The van der Waals surface area contributed by atoms with Gasteiger partial charge in [0.2, 0.25) is 0 Å². The number of ether oxygens (including phenoxy) is 1. The molecular weight excluding hydrogens is 368 g/mol. The van der Waals surface area contributed by atoms with Crippen LogP contribution in [-0.2, 0) is 4.79 Å². The number of hydrogen-bond donors (Lipinski definition) is 1. The highest BCUT2D eigenvalue weighted by Crippen LogP contribution is 2.26. The lowest BCUT2D eigenvalue weighted by molar-refractivity contribution is -0.128. The van der Waals surface area contributed by atoms with Gasteiger partial charge in [0.05, 0.1) is 6.54 Å². The Morgan fingerprint density at radius 2 is 1.66 bits per heavy atom. The summed E-state index contributed by atoms with van der Waals surface area (Å²) in [5.74, 6) is 0.296. The molecule has 148 valence electrons. The highest BCUT2D eigenvalue weighted by Gasteiger charge is 2.43. The molecule has 6 heteroatoms. The van der Waals surface area contributed by atoms with Crippen LogP contribution in [0.15, 0.2) is 72.8 Å². The third-order valence-corrected chi connectivity index (χ3v) is 5.04. The summed E-state index contributed by atoms with van der Waals surface area (Å²) in [5.41, 5.74) is 0.655. The molecule has 1 heterocycles. The molecule has 4 rings (SSSR count). The highest BCUT2D eigenvalue weighted by molar-refractivity contribution is 6.14.